The van der Waals surface area contributed by atoms with Crippen molar-refractivity contribution >= 4 is 96.9 Å². The molecule has 5 rings (SSSR count). The molecule has 56 heavy (non-hydrogen) atoms. The lowest BCUT2D eigenvalue weighted by molar-refractivity contribution is -0.432. The van der Waals surface area contributed by atoms with Crippen LogP contribution in [-0.2, 0) is 33.6 Å². The number of phenolic OH excluding ortho intramolecular Hbond substituents is 1. The Morgan fingerprint density at radius 3 is 2.09 bits per heavy atom. The number of hydrogen-bond acceptors (Lipinski definition) is 22. The summed E-state index contributed by atoms with van der Waals surface area (Å²) < 4.78 is 58.3. The van der Waals surface area contributed by atoms with Gasteiger partial charge in [-0.2, -0.15) is 18.6 Å². The van der Waals surface area contributed by atoms with Crippen molar-refractivity contribution in [2.45, 2.75) is 14.7 Å². The fourth-order valence-electron chi connectivity index (χ4n) is 4.70. The molecule has 0 radical (unpaired) electrons. The molecule has 0 aliphatic heterocycles. The minimum Gasteiger partial charge on any atom is -0.505 e. The predicted octanol–water partition coefficient (Wildman–Crippen LogP) is 9.80. The molecule has 0 unspecified atom stereocenters. The molecule has 21 nitrogen and oxygen atoms in total. The predicted molar refractivity (Wildman–Crippen MR) is 201 cm³/mol. The SMILES string of the molecule is COC=Nc1cc(N=Nc2c(SOOO)cc3cc(S(=O)(=O)O)c(N)cc3c2O)c(OC)cc1N=Nc1ccc(N=Nc2cccc(SOOO)c2)cc1OC. The maximum atomic E-state index is 11.8. The second-order valence-corrected chi connectivity index (χ2v) is 13.5. The van der Waals surface area contributed by atoms with Crippen LogP contribution in [0.25, 0.3) is 10.8 Å². The number of nitrogens with two attached hydrogens (primary N) is 1. The summed E-state index contributed by atoms with van der Waals surface area (Å²) >= 11 is 1.19. The van der Waals surface area contributed by atoms with Crippen LogP contribution in [0.5, 0.6) is 17.2 Å². The number of anilines is 1. The van der Waals surface area contributed by atoms with Gasteiger partial charge in [-0.25, -0.2) is 15.5 Å². The topological polar surface area (TPSA) is 292 Å². The summed E-state index contributed by atoms with van der Waals surface area (Å²) in [6.45, 7) is 0. The zero-order valence-electron chi connectivity index (χ0n) is 28.9. The number of benzene rings is 5. The van der Waals surface area contributed by atoms with Crippen molar-refractivity contribution in [3.63, 3.8) is 0 Å². The average molecular weight is 829 g/mol. The Bertz CT molecular complexity index is 2450. The average Bonchev–Trinajstić information content (AvgIpc) is 3.19. The van der Waals surface area contributed by atoms with Crippen LogP contribution in [0.2, 0.25) is 0 Å². The number of aliphatic imine (C=N–C) groups is 1. The van der Waals surface area contributed by atoms with Crippen LogP contribution in [0.1, 0.15) is 0 Å². The van der Waals surface area contributed by atoms with E-state index < -0.39 is 20.8 Å². The number of fused-ring (bicyclic) bond motifs is 1. The van der Waals surface area contributed by atoms with Crippen molar-refractivity contribution in [1.82, 2.24) is 0 Å². The molecule has 0 atom stereocenters. The molecule has 0 amide bonds. The molecule has 0 heterocycles. The summed E-state index contributed by atoms with van der Waals surface area (Å²) in [4.78, 5) is 4.27. The van der Waals surface area contributed by atoms with E-state index >= 15 is 0 Å². The molecular weight excluding hydrogens is 801 g/mol. The van der Waals surface area contributed by atoms with Crippen LogP contribution < -0.4 is 15.2 Å². The molecule has 0 spiro atoms. The first-order chi connectivity index (χ1) is 27.0. The number of aromatic hydroxyl groups is 1. The number of nitrogen functional groups attached to an aromatic ring is 1. The van der Waals surface area contributed by atoms with Crippen LogP contribution >= 0.6 is 24.1 Å². The van der Waals surface area contributed by atoms with Gasteiger partial charge in [0.05, 0.1) is 73.1 Å². The van der Waals surface area contributed by atoms with Crippen molar-refractivity contribution < 1.29 is 61.5 Å². The van der Waals surface area contributed by atoms with Gasteiger partial charge in [-0.3, -0.25) is 4.55 Å². The molecule has 0 saturated carbocycles. The van der Waals surface area contributed by atoms with Crippen LogP contribution in [0.15, 0.2) is 123 Å². The van der Waals surface area contributed by atoms with E-state index in [1.807, 2.05) is 0 Å². The monoisotopic (exact) mass is 828 g/mol. The Kier molecular flexibility index (Phi) is 14.2. The zero-order valence-corrected chi connectivity index (χ0v) is 31.4. The Hall–Kier alpha value is -5.80. The third kappa shape index (κ3) is 10.3. The van der Waals surface area contributed by atoms with Gasteiger partial charge in [0.1, 0.15) is 39.1 Å². The minimum atomic E-state index is -4.71. The second kappa shape index (κ2) is 19.2. The number of azo groups is 3. The Morgan fingerprint density at radius 1 is 0.714 bits per heavy atom. The number of methoxy groups -OCH3 is 3. The van der Waals surface area contributed by atoms with Gasteiger partial charge in [-0.1, -0.05) is 16.1 Å². The molecule has 0 aliphatic rings. The van der Waals surface area contributed by atoms with Gasteiger partial charge in [0.25, 0.3) is 10.1 Å². The van der Waals surface area contributed by atoms with Crippen molar-refractivity contribution in [3.8, 4) is 17.2 Å². The van der Waals surface area contributed by atoms with E-state index in [0.717, 1.165) is 30.6 Å². The first kappa shape index (κ1) is 41.4. The summed E-state index contributed by atoms with van der Waals surface area (Å²) in [5.41, 5.74) is 7.05. The quantitative estimate of drug-likeness (QED) is 0.00851. The first-order valence-electron chi connectivity index (χ1n) is 15.2. The highest BCUT2D eigenvalue weighted by Crippen LogP contribution is 2.47. The summed E-state index contributed by atoms with van der Waals surface area (Å²) in [6, 6.07) is 18.1. The molecule has 292 valence electrons. The van der Waals surface area contributed by atoms with E-state index in [-0.39, 0.29) is 49.9 Å². The van der Waals surface area contributed by atoms with E-state index in [2.05, 4.69) is 54.4 Å². The van der Waals surface area contributed by atoms with Crippen LogP contribution in [0, 0.1) is 0 Å². The van der Waals surface area contributed by atoms with Crippen molar-refractivity contribution in [2.24, 2.45) is 35.7 Å². The first-order valence-corrected chi connectivity index (χ1v) is 18.1. The maximum absolute atomic E-state index is 11.8. The third-order valence-corrected chi connectivity index (χ3v) is 9.24. The van der Waals surface area contributed by atoms with Gasteiger partial charge in [0, 0.05) is 22.4 Å². The summed E-state index contributed by atoms with van der Waals surface area (Å²) in [7, 11) is -0.507. The fourth-order valence-corrected chi connectivity index (χ4v) is 6.24. The smallest absolute Gasteiger partial charge is 0.296 e. The fraction of sp³-hybridized carbons (Fsp3) is 0.0938. The largest absolute Gasteiger partial charge is 0.505 e. The molecular formula is C32H28N8O13S3. The van der Waals surface area contributed by atoms with Gasteiger partial charge in [-0.15, -0.1) is 29.1 Å². The molecule has 24 heteroatoms. The van der Waals surface area contributed by atoms with Crippen LogP contribution in [0.4, 0.5) is 45.5 Å². The minimum absolute atomic E-state index is 0.00417. The Morgan fingerprint density at radius 2 is 1.39 bits per heavy atom. The molecule has 0 saturated heterocycles. The summed E-state index contributed by atoms with van der Waals surface area (Å²) in [5, 5.41) is 61.3. The standard InChI is InChI=1S/C32H28N8O13S3/c1-47-16-34-24-14-26(39-40-31-29(55-53-51-43)9-17-10-30(56(44,45)46)22(33)13-21(17)32(31)41)28(49-3)15-25(24)38-37-23-8-7-19(12-27(23)48-2)36-35-18-5-4-6-20(11-18)54-52-50-42/h4-16,41-43H,33H2,1-3H3,(H,44,45,46). The number of phenols is 1. The van der Waals surface area contributed by atoms with E-state index in [1.54, 1.807) is 42.5 Å². The highest BCUT2D eigenvalue weighted by molar-refractivity contribution is 7.95. The number of ether oxygens (including phenoxy) is 3. The van der Waals surface area contributed by atoms with Crippen molar-refractivity contribution in [1.29, 1.82) is 0 Å². The summed E-state index contributed by atoms with van der Waals surface area (Å²) in [5.74, 6) is -0.0515. The van der Waals surface area contributed by atoms with Gasteiger partial charge in [-0.05, 0) is 60.0 Å². The molecule has 5 aromatic carbocycles. The number of hydrogen-bond donors (Lipinski definition) is 5. The van der Waals surface area contributed by atoms with Crippen LogP contribution in [0.3, 0.4) is 0 Å². The lowest BCUT2D eigenvalue weighted by atomic mass is 10.1. The van der Waals surface area contributed by atoms with Gasteiger partial charge >= 0.3 is 0 Å². The molecule has 0 aliphatic carbocycles. The summed E-state index contributed by atoms with van der Waals surface area (Å²) in [6.07, 6.45) is 1.14. The van der Waals surface area contributed by atoms with Crippen LogP contribution in [-0.4, -0.2) is 56.3 Å². The van der Waals surface area contributed by atoms with E-state index in [0.29, 0.717) is 39.7 Å². The second-order valence-electron chi connectivity index (χ2n) is 10.5. The molecule has 0 bridgehead atoms. The lowest BCUT2D eigenvalue weighted by Gasteiger charge is -2.12. The molecule has 0 aromatic heterocycles. The van der Waals surface area contributed by atoms with Gasteiger partial charge in [0.15, 0.2) is 12.2 Å². The molecule has 0 fully saturated rings. The number of rotatable bonds is 17. The van der Waals surface area contributed by atoms with E-state index in [9.17, 15) is 18.1 Å². The maximum Gasteiger partial charge on any atom is 0.296 e. The van der Waals surface area contributed by atoms with E-state index in [4.69, 9.17) is 30.5 Å². The van der Waals surface area contributed by atoms with E-state index in [1.165, 1.54) is 39.5 Å². The number of nitrogens with zero attached hydrogens (tertiary/aromatic N) is 7. The Labute approximate surface area is 325 Å². The molecule has 5 aromatic rings. The van der Waals surface area contributed by atoms with Gasteiger partial charge < -0.3 is 25.1 Å². The van der Waals surface area contributed by atoms with Crippen molar-refractivity contribution in [3.05, 3.63) is 72.8 Å². The lowest BCUT2D eigenvalue weighted by Crippen LogP contribution is -2.03. The van der Waals surface area contributed by atoms with Crippen molar-refractivity contribution in [2.75, 3.05) is 27.1 Å². The third-order valence-electron chi connectivity index (χ3n) is 7.13. The van der Waals surface area contributed by atoms with Gasteiger partial charge in [0.2, 0.25) is 0 Å². The normalized spacial score (nSPS) is 12.2. The molecule has 6 N–H and O–H groups in total. The Balaban J connectivity index is 1.49. The highest BCUT2D eigenvalue weighted by Gasteiger charge is 2.21. The zero-order chi connectivity index (χ0) is 40.2. The highest BCUT2D eigenvalue weighted by atomic mass is 32.2.